The third kappa shape index (κ3) is 1.38. The van der Waals surface area contributed by atoms with Gasteiger partial charge in [-0.1, -0.05) is 37.6 Å². The van der Waals surface area contributed by atoms with Crippen molar-refractivity contribution in [3.63, 3.8) is 0 Å². The minimum Gasteiger partial charge on any atom is -0.0585 e. The Labute approximate surface area is 74.6 Å². The summed E-state index contributed by atoms with van der Waals surface area (Å²) in [6.07, 6.45) is 6.36. The van der Waals surface area contributed by atoms with Crippen LogP contribution in [-0.2, 0) is 0 Å². The van der Waals surface area contributed by atoms with Gasteiger partial charge < -0.3 is 0 Å². The van der Waals surface area contributed by atoms with Gasteiger partial charge in [0.25, 0.3) is 0 Å². The van der Waals surface area contributed by atoms with Crippen LogP contribution in [0.25, 0.3) is 0 Å². The second kappa shape index (κ2) is 3.30. The van der Waals surface area contributed by atoms with Crippen LogP contribution in [-0.4, -0.2) is 0 Å². The molecule has 0 saturated heterocycles. The van der Waals surface area contributed by atoms with Gasteiger partial charge in [0.2, 0.25) is 0 Å². The molecule has 2 rings (SSSR count). The zero-order valence-corrected chi connectivity index (χ0v) is 7.59. The van der Waals surface area contributed by atoms with Crippen LogP contribution in [0.15, 0.2) is 24.3 Å². The topological polar surface area (TPSA) is 0 Å². The van der Waals surface area contributed by atoms with E-state index in [1.54, 1.807) is 0 Å². The maximum absolute atomic E-state index is 2.28. The van der Waals surface area contributed by atoms with Crippen molar-refractivity contribution in [2.75, 3.05) is 0 Å². The molecule has 0 amide bonds. The molecular weight excluding hydrogens is 144 g/mol. The molecule has 1 saturated carbocycles. The zero-order chi connectivity index (χ0) is 8.39. The normalized spacial score (nSPS) is 17.4. The van der Waals surface area contributed by atoms with E-state index in [0.29, 0.717) is 0 Å². The highest BCUT2D eigenvalue weighted by Gasteiger charge is 2.18. The summed E-state index contributed by atoms with van der Waals surface area (Å²) in [6.45, 7) is 2.08. The number of rotatable bonds is 2. The van der Waals surface area contributed by atoms with Crippen LogP contribution in [0.4, 0.5) is 0 Å². The Balaban J connectivity index is 2.13. The molecular formula is C12H15. The maximum atomic E-state index is 2.28. The monoisotopic (exact) mass is 159 g/mol. The van der Waals surface area contributed by atoms with Gasteiger partial charge in [0, 0.05) is 0 Å². The van der Waals surface area contributed by atoms with E-state index in [1.807, 2.05) is 0 Å². The number of hydrogen-bond acceptors (Lipinski definition) is 0. The van der Waals surface area contributed by atoms with Crippen LogP contribution in [0.2, 0.25) is 0 Å². The Morgan fingerprint density at radius 1 is 1.17 bits per heavy atom. The summed E-state index contributed by atoms with van der Waals surface area (Å²) in [4.78, 5) is 0. The van der Waals surface area contributed by atoms with Crippen LogP contribution in [0.3, 0.4) is 0 Å². The lowest BCUT2D eigenvalue weighted by molar-refractivity contribution is 0.420. The summed E-state index contributed by atoms with van der Waals surface area (Å²) in [7, 11) is 0. The van der Waals surface area contributed by atoms with Crippen molar-refractivity contribution in [3.05, 3.63) is 41.8 Å². The van der Waals surface area contributed by atoms with Crippen molar-refractivity contribution in [2.45, 2.75) is 32.1 Å². The smallest absolute Gasteiger partial charge is 0.0124 e. The third-order valence-corrected chi connectivity index (χ3v) is 2.85. The van der Waals surface area contributed by atoms with Crippen molar-refractivity contribution in [1.82, 2.24) is 0 Å². The molecule has 63 valence electrons. The fourth-order valence-electron chi connectivity index (χ4n) is 1.70. The Morgan fingerprint density at radius 2 is 1.83 bits per heavy atom. The highest BCUT2D eigenvalue weighted by atomic mass is 14.2. The van der Waals surface area contributed by atoms with Gasteiger partial charge in [0.05, 0.1) is 0 Å². The standard InChI is InChI=1S/C12H15/c1-2-10-6-8-12(9-7-10)11-4-3-5-11/h2,6-9,11H,3-5H2,1H3. The molecule has 0 unspecified atom stereocenters. The summed E-state index contributed by atoms with van der Waals surface area (Å²) >= 11 is 0. The van der Waals surface area contributed by atoms with Crippen molar-refractivity contribution < 1.29 is 0 Å². The quantitative estimate of drug-likeness (QED) is 0.619. The summed E-state index contributed by atoms with van der Waals surface area (Å²) in [5.74, 6) is 0.871. The van der Waals surface area contributed by atoms with Crippen LogP contribution in [0, 0.1) is 6.42 Å². The molecule has 0 atom stereocenters. The van der Waals surface area contributed by atoms with E-state index in [9.17, 15) is 0 Å². The summed E-state index contributed by atoms with van der Waals surface area (Å²) in [5, 5.41) is 0. The molecule has 1 aliphatic carbocycles. The third-order valence-electron chi connectivity index (χ3n) is 2.85. The van der Waals surface area contributed by atoms with Crippen molar-refractivity contribution >= 4 is 0 Å². The summed E-state index contributed by atoms with van der Waals surface area (Å²) in [5.41, 5.74) is 2.87. The Hall–Kier alpha value is -0.780. The van der Waals surface area contributed by atoms with Gasteiger partial charge in [-0.2, -0.15) is 0 Å². The van der Waals surface area contributed by atoms with Gasteiger partial charge in [0.1, 0.15) is 0 Å². The molecule has 0 N–H and O–H groups in total. The van der Waals surface area contributed by atoms with Crippen molar-refractivity contribution in [1.29, 1.82) is 0 Å². The van der Waals surface area contributed by atoms with E-state index in [4.69, 9.17) is 0 Å². The van der Waals surface area contributed by atoms with Crippen molar-refractivity contribution in [3.8, 4) is 0 Å². The zero-order valence-electron chi connectivity index (χ0n) is 7.59. The first-order chi connectivity index (χ1) is 5.90. The summed E-state index contributed by atoms with van der Waals surface area (Å²) < 4.78 is 0. The molecule has 0 bridgehead atoms. The summed E-state index contributed by atoms with van der Waals surface area (Å²) in [6, 6.07) is 8.99. The predicted molar refractivity (Wildman–Crippen MR) is 52.1 cm³/mol. The van der Waals surface area contributed by atoms with E-state index >= 15 is 0 Å². The highest BCUT2D eigenvalue weighted by Crippen LogP contribution is 2.36. The maximum Gasteiger partial charge on any atom is -0.0124 e. The lowest BCUT2D eigenvalue weighted by Gasteiger charge is -2.25. The average molecular weight is 159 g/mol. The van der Waals surface area contributed by atoms with E-state index in [2.05, 4.69) is 37.6 Å². The molecule has 0 heterocycles. The fraction of sp³-hybridized carbons (Fsp3) is 0.417. The minimum atomic E-state index is 0.871. The molecule has 12 heavy (non-hydrogen) atoms. The fourth-order valence-corrected chi connectivity index (χ4v) is 1.70. The highest BCUT2D eigenvalue weighted by molar-refractivity contribution is 5.29. The Bertz CT molecular complexity index is 241. The molecule has 1 radical (unpaired) electrons. The van der Waals surface area contributed by atoms with Crippen LogP contribution in [0.1, 0.15) is 43.2 Å². The van der Waals surface area contributed by atoms with E-state index in [0.717, 1.165) is 5.92 Å². The predicted octanol–water partition coefficient (Wildman–Crippen LogP) is 3.53. The number of benzene rings is 1. The first-order valence-electron chi connectivity index (χ1n) is 4.79. The second-order valence-corrected chi connectivity index (χ2v) is 3.58. The number of hydrogen-bond donors (Lipinski definition) is 0. The lowest BCUT2D eigenvalue weighted by Crippen LogP contribution is -2.08. The van der Waals surface area contributed by atoms with Gasteiger partial charge >= 0.3 is 0 Å². The molecule has 0 aliphatic heterocycles. The van der Waals surface area contributed by atoms with E-state index < -0.39 is 0 Å². The van der Waals surface area contributed by atoms with Gasteiger partial charge in [-0.05, 0) is 36.3 Å². The van der Waals surface area contributed by atoms with E-state index in [-0.39, 0.29) is 0 Å². The average Bonchev–Trinajstić information content (AvgIpc) is 2.03. The molecule has 1 fully saturated rings. The van der Waals surface area contributed by atoms with Crippen LogP contribution < -0.4 is 0 Å². The molecule has 1 aromatic rings. The molecule has 0 aromatic heterocycles. The molecule has 1 aliphatic rings. The lowest BCUT2D eigenvalue weighted by atomic mass is 9.80. The van der Waals surface area contributed by atoms with Gasteiger partial charge in [-0.15, -0.1) is 0 Å². The molecule has 0 nitrogen and oxygen atoms in total. The van der Waals surface area contributed by atoms with Crippen LogP contribution >= 0.6 is 0 Å². The van der Waals surface area contributed by atoms with Crippen molar-refractivity contribution in [2.24, 2.45) is 0 Å². The largest absolute Gasteiger partial charge is 0.0585 e. The Kier molecular flexibility index (Phi) is 2.16. The molecule has 0 heteroatoms. The second-order valence-electron chi connectivity index (χ2n) is 3.58. The molecule has 0 spiro atoms. The van der Waals surface area contributed by atoms with Gasteiger partial charge in [0.15, 0.2) is 0 Å². The minimum absolute atomic E-state index is 0.871. The van der Waals surface area contributed by atoms with Gasteiger partial charge in [-0.25, -0.2) is 0 Å². The first kappa shape index (κ1) is 7.85. The SMILES string of the molecule is C[CH]c1ccc(C2CCC2)cc1. The van der Waals surface area contributed by atoms with Gasteiger partial charge in [-0.3, -0.25) is 0 Å². The first-order valence-corrected chi connectivity index (χ1v) is 4.79. The Morgan fingerprint density at radius 3 is 2.25 bits per heavy atom. The molecule has 1 aromatic carbocycles. The van der Waals surface area contributed by atoms with Crippen LogP contribution in [0.5, 0.6) is 0 Å². The van der Waals surface area contributed by atoms with E-state index in [1.165, 1.54) is 30.4 Å².